The molecule has 0 saturated heterocycles. The summed E-state index contributed by atoms with van der Waals surface area (Å²) >= 11 is 6.03. The fourth-order valence-corrected chi connectivity index (χ4v) is 2.60. The third kappa shape index (κ3) is 4.64. The molecule has 3 nitrogen and oxygen atoms in total. The van der Waals surface area contributed by atoms with Crippen LogP contribution in [0.5, 0.6) is 0 Å². The van der Waals surface area contributed by atoms with Crippen LogP contribution in [0.15, 0.2) is 12.1 Å². The van der Waals surface area contributed by atoms with Crippen molar-refractivity contribution < 1.29 is 0 Å². The normalized spacial score (nSPS) is 13.1. The summed E-state index contributed by atoms with van der Waals surface area (Å²) in [5, 5.41) is 0. The second-order valence-corrected chi connectivity index (χ2v) is 6.21. The highest BCUT2D eigenvalue weighted by atomic mass is 35.5. The van der Waals surface area contributed by atoms with Crippen LogP contribution in [-0.2, 0) is 5.88 Å². The van der Waals surface area contributed by atoms with Gasteiger partial charge in [-0.1, -0.05) is 13.8 Å². The maximum Gasteiger partial charge on any atom is 0.129 e. The van der Waals surface area contributed by atoms with Gasteiger partial charge in [0.25, 0.3) is 0 Å². The van der Waals surface area contributed by atoms with Crippen molar-refractivity contribution in [3.63, 3.8) is 0 Å². The average Bonchev–Trinajstić information content (AvgIpc) is 2.38. The van der Waals surface area contributed by atoms with Gasteiger partial charge in [0.15, 0.2) is 0 Å². The van der Waals surface area contributed by atoms with Gasteiger partial charge in [0.05, 0.1) is 0 Å². The van der Waals surface area contributed by atoms with E-state index in [1.807, 2.05) is 0 Å². The molecule has 4 heteroatoms. The summed E-state index contributed by atoms with van der Waals surface area (Å²) in [5.41, 5.74) is 2.27. The second-order valence-electron chi connectivity index (χ2n) is 5.94. The Morgan fingerprint density at radius 3 is 2.30 bits per heavy atom. The molecule has 1 unspecified atom stereocenters. The van der Waals surface area contributed by atoms with E-state index in [0.717, 1.165) is 30.2 Å². The topological polar surface area (TPSA) is 19.4 Å². The van der Waals surface area contributed by atoms with Crippen LogP contribution in [0.2, 0.25) is 0 Å². The van der Waals surface area contributed by atoms with E-state index in [9.17, 15) is 0 Å². The van der Waals surface area contributed by atoms with E-state index in [-0.39, 0.29) is 0 Å². The van der Waals surface area contributed by atoms with E-state index in [1.54, 1.807) is 0 Å². The molecule has 0 amide bonds. The second kappa shape index (κ2) is 7.84. The van der Waals surface area contributed by atoms with Crippen LogP contribution in [-0.4, -0.2) is 43.1 Å². The van der Waals surface area contributed by atoms with Crippen LogP contribution in [0, 0.1) is 0 Å². The SMILES string of the molecule is CCN(c1cc(CCl)cc(C(C)C)n1)C(C)CN(C)C. The lowest BCUT2D eigenvalue weighted by atomic mass is 10.1. The molecule has 1 atom stereocenters. The van der Waals surface area contributed by atoms with E-state index < -0.39 is 0 Å². The predicted octanol–water partition coefficient (Wildman–Crippen LogP) is 3.72. The number of halogens is 1. The first-order valence-corrected chi connectivity index (χ1v) is 7.90. The minimum absolute atomic E-state index is 0.416. The monoisotopic (exact) mass is 297 g/mol. The molecular formula is C16H28ClN3. The molecule has 1 aromatic rings. The first-order valence-electron chi connectivity index (χ1n) is 7.37. The highest BCUT2D eigenvalue weighted by Crippen LogP contribution is 2.22. The first kappa shape index (κ1) is 17.3. The Bertz CT molecular complexity index is 418. The van der Waals surface area contributed by atoms with Crippen molar-refractivity contribution >= 4 is 17.4 Å². The smallest absolute Gasteiger partial charge is 0.129 e. The first-order chi connectivity index (χ1) is 9.38. The molecule has 0 saturated carbocycles. The van der Waals surface area contributed by atoms with Crippen molar-refractivity contribution in [2.45, 2.75) is 45.5 Å². The Morgan fingerprint density at radius 2 is 1.85 bits per heavy atom. The standard InChI is InChI=1S/C16H28ClN3/c1-7-20(13(4)11-19(5)6)16-9-14(10-17)8-15(18-16)12(2)3/h8-9,12-13H,7,10-11H2,1-6H3. The van der Waals surface area contributed by atoms with Crippen molar-refractivity contribution in [3.8, 4) is 0 Å². The maximum atomic E-state index is 6.03. The van der Waals surface area contributed by atoms with Crippen molar-refractivity contribution in [2.75, 3.05) is 32.1 Å². The van der Waals surface area contributed by atoms with Gasteiger partial charge in [-0.2, -0.15) is 0 Å². The molecule has 0 aromatic carbocycles. The predicted molar refractivity (Wildman–Crippen MR) is 88.9 cm³/mol. The van der Waals surface area contributed by atoms with E-state index >= 15 is 0 Å². The molecule has 0 radical (unpaired) electrons. The molecule has 0 aliphatic carbocycles. The molecule has 114 valence electrons. The Labute approximate surface area is 128 Å². The fourth-order valence-electron chi connectivity index (χ4n) is 2.44. The van der Waals surface area contributed by atoms with E-state index in [0.29, 0.717) is 17.8 Å². The molecule has 0 bridgehead atoms. The zero-order valence-corrected chi connectivity index (χ0v) is 14.4. The van der Waals surface area contributed by atoms with Crippen LogP contribution >= 0.6 is 11.6 Å². The fraction of sp³-hybridized carbons (Fsp3) is 0.688. The van der Waals surface area contributed by atoms with Gasteiger partial charge < -0.3 is 9.80 Å². The summed E-state index contributed by atoms with van der Waals surface area (Å²) in [6.07, 6.45) is 0. The third-order valence-electron chi connectivity index (χ3n) is 3.43. The lowest BCUT2D eigenvalue weighted by Gasteiger charge is -2.32. The Hall–Kier alpha value is -0.800. The number of rotatable bonds is 7. The van der Waals surface area contributed by atoms with Crippen LogP contribution in [0.1, 0.15) is 44.9 Å². The zero-order chi connectivity index (χ0) is 15.3. The summed E-state index contributed by atoms with van der Waals surface area (Å²) in [7, 11) is 4.21. The molecule has 1 rings (SSSR count). The Kier molecular flexibility index (Phi) is 6.77. The van der Waals surface area contributed by atoms with Gasteiger partial charge in [0.2, 0.25) is 0 Å². The van der Waals surface area contributed by atoms with Gasteiger partial charge in [0.1, 0.15) is 5.82 Å². The van der Waals surface area contributed by atoms with Gasteiger partial charge in [0, 0.05) is 30.7 Å². The van der Waals surface area contributed by atoms with E-state index in [2.05, 4.69) is 63.7 Å². The molecule has 0 aliphatic rings. The average molecular weight is 298 g/mol. The van der Waals surface area contributed by atoms with Gasteiger partial charge in [-0.3, -0.25) is 0 Å². The Balaban J connectivity index is 3.10. The summed E-state index contributed by atoms with van der Waals surface area (Å²) in [5.74, 6) is 2.00. The number of aromatic nitrogens is 1. The van der Waals surface area contributed by atoms with Gasteiger partial charge in [-0.25, -0.2) is 4.98 Å². The molecule has 0 N–H and O–H groups in total. The number of likely N-dealkylation sites (N-methyl/N-ethyl adjacent to an activating group) is 2. The lowest BCUT2D eigenvalue weighted by molar-refractivity contribution is 0.372. The number of hydrogen-bond acceptors (Lipinski definition) is 3. The highest BCUT2D eigenvalue weighted by molar-refractivity contribution is 6.17. The van der Waals surface area contributed by atoms with E-state index in [4.69, 9.17) is 16.6 Å². The molecule has 1 heterocycles. The third-order valence-corrected chi connectivity index (χ3v) is 3.74. The summed E-state index contributed by atoms with van der Waals surface area (Å²) in [6, 6.07) is 4.66. The summed E-state index contributed by atoms with van der Waals surface area (Å²) < 4.78 is 0. The van der Waals surface area contributed by atoms with Crippen LogP contribution in [0.4, 0.5) is 5.82 Å². The van der Waals surface area contributed by atoms with Crippen LogP contribution in [0.3, 0.4) is 0 Å². The number of pyridine rings is 1. The molecule has 1 aromatic heterocycles. The number of alkyl halides is 1. The van der Waals surface area contributed by atoms with Crippen molar-refractivity contribution in [3.05, 3.63) is 23.4 Å². The number of hydrogen-bond donors (Lipinski definition) is 0. The van der Waals surface area contributed by atoms with Crippen LogP contribution < -0.4 is 4.90 Å². The minimum atomic E-state index is 0.416. The summed E-state index contributed by atoms with van der Waals surface area (Å²) in [4.78, 5) is 9.39. The van der Waals surface area contributed by atoms with Crippen molar-refractivity contribution in [2.24, 2.45) is 0 Å². The number of nitrogens with zero attached hydrogens (tertiary/aromatic N) is 3. The molecule has 0 aliphatic heterocycles. The lowest BCUT2D eigenvalue weighted by Crippen LogP contribution is -2.40. The number of anilines is 1. The zero-order valence-electron chi connectivity index (χ0n) is 13.7. The van der Waals surface area contributed by atoms with Gasteiger partial charge in [-0.05, 0) is 51.6 Å². The van der Waals surface area contributed by atoms with E-state index in [1.165, 1.54) is 0 Å². The quantitative estimate of drug-likeness (QED) is 0.715. The minimum Gasteiger partial charge on any atom is -0.353 e. The van der Waals surface area contributed by atoms with Crippen molar-refractivity contribution in [1.82, 2.24) is 9.88 Å². The molecule has 20 heavy (non-hydrogen) atoms. The summed E-state index contributed by atoms with van der Waals surface area (Å²) in [6.45, 7) is 10.7. The largest absolute Gasteiger partial charge is 0.353 e. The van der Waals surface area contributed by atoms with Gasteiger partial charge >= 0.3 is 0 Å². The highest BCUT2D eigenvalue weighted by Gasteiger charge is 2.17. The molecular weight excluding hydrogens is 270 g/mol. The maximum absolute atomic E-state index is 6.03. The van der Waals surface area contributed by atoms with Crippen LogP contribution in [0.25, 0.3) is 0 Å². The molecule has 0 fully saturated rings. The van der Waals surface area contributed by atoms with Crippen molar-refractivity contribution in [1.29, 1.82) is 0 Å². The van der Waals surface area contributed by atoms with Gasteiger partial charge in [-0.15, -0.1) is 11.6 Å². The Morgan fingerprint density at radius 1 is 1.20 bits per heavy atom. The molecule has 0 spiro atoms.